The Hall–Kier alpha value is -3.27. The fourth-order valence-electron chi connectivity index (χ4n) is 2.65. The van der Waals surface area contributed by atoms with Crippen LogP contribution in [0.4, 0.5) is 0 Å². The standard InChI is InChI=1S/C21H19NO3/c1-2-16-5-7-17(8-6-16)15-25-19-11-9-18(10-12-19)21(20(23)24)13-3-4-14-22-21/h2-14,22H,1,15H2,(H,23,24). The van der Waals surface area contributed by atoms with Crippen molar-refractivity contribution in [1.82, 2.24) is 5.32 Å². The summed E-state index contributed by atoms with van der Waals surface area (Å²) in [6.45, 7) is 4.18. The van der Waals surface area contributed by atoms with Crippen LogP contribution in [0.15, 0.2) is 79.5 Å². The van der Waals surface area contributed by atoms with Gasteiger partial charge in [0, 0.05) is 0 Å². The predicted molar refractivity (Wildman–Crippen MR) is 98.0 cm³/mol. The van der Waals surface area contributed by atoms with Gasteiger partial charge in [-0.2, -0.15) is 0 Å². The van der Waals surface area contributed by atoms with Crippen molar-refractivity contribution >= 4 is 12.0 Å². The normalized spacial score (nSPS) is 18.4. The van der Waals surface area contributed by atoms with Crippen molar-refractivity contribution in [1.29, 1.82) is 0 Å². The molecule has 0 saturated heterocycles. The Morgan fingerprint density at radius 3 is 2.40 bits per heavy atom. The maximum Gasteiger partial charge on any atom is 0.338 e. The first kappa shape index (κ1) is 16.6. The van der Waals surface area contributed by atoms with Crippen LogP contribution in [-0.4, -0.2) is 11.1 Å². The van der Waals surface area contributed by atoms with E-state index in [-0.39, 0.29) is 0 Å². The molecule has 0 aromatic heterocycles. The van der Waals surface area contributed by atoms with E-state index in [2.05, 4.69) is 11.9 Å². The second kappa shape index (κ2) is 7.09. The van der Waals surface area contributed by atoms with Gasteiger partial charge in [0.2, 0.25) is 0 Å². The van der Waals surface area contributed by atoms with E-state index < -0.39 is 11.5 Å². The Labute approximate surface area is 146 Å². The molecule has 0 spiro atoms. The summed E-state index contributed by atoms with van der Waals surface area (Å²) in [4.78, 5) is 11.7. The molecule has 0 radical (unpaired) electrons. The molecule has 25 heavy (non-hydrogen) atoms. The molecule has 1 heterocycles. The molecule has 1 atom stereocenters. The summed E-state index contributed by atoms with van der Waals surface area (Å²) in [7, 11) is 0. The van der Waals surface area contributed by atoms with Gasteiger partial charge < -0.3 is 15.2 Å². The number of dihydropyridines is 1. The maximum atomic E-state index is 11.7. The van der Waals surface area contributed by atoms with Crippen LogP contribution in [0.3, 0.4) is 0 Å². The Balaban J connectivity index is 1.71. The highest BCUT2D eigenvalue weighted by atomic mass is 16.5. The second-order valence-corrected chi connectivity index (χ2v) is 5.73. The lowest BCUT2D eigenvalue weighted by atomic mass is 9.88. The molecular formula is C21H19NO3. The fraction of sp³-hybridized carbons (Fsp3) is 0.0952. The lowest BCUT2D eigenvalue weighted by Crippen LogP contribution is -2.46. The van der Waals surface area contributed by atoms with E-state index in [9.17, 15) is 9.90 Å². The number of rotatable bonds is 6. The Kier molecular flexibility index (Phi) is 4.70. The third-order valence-electron chi connectivity index (χ3n) is 4.13. The van der Waals surface area contributed by atoms with Gasteiger partial charge in [0.25, 0.3) is 0 Å². The van der Waals surface area contributed by atoms with E-state index in [0.717, 1.165) is 11.1 Å². The Morgan fingerprint density at radius 2 is 1.84 bits per heavy atom. The fourth-order valence-corrected chi connectivity index (χ4v) is 2.65. The van der Waals surface area contributed by atoms with Crippen molar-refractivity contribution in [3.8, 4) is 5.75 Å². The Bertz CT molecular complexity index is 819. The SMILES string of the molecule is C=Cc1ccc(COc2ccc(C3(C(=O)O)C=CC=CN3)cc2)cc1. The second-order valence-electron chi connectivity index (χ2n) is 5.73. The zero-order valence-corrected chi connectivity index (χ0v) is 13.7. The largest absolute Gasteiger partial charge is 0.489 e. The van der Waals surface area contributed by atoms with Crippen LogP contribution >= 0.6 is 0 Å². The van der Waals surface area contributed by atoms with Crippen molar-refractivity contribution in [2.24, 2.45) is 0 Å². The number of hydrogen-bond acceptors (Lipinski definition) is 3. The Morgan fingerprint density at radius 1 is 1.12 bits per heavy atom. The van der Waals surface area contributed by atoms with Crippen molar-refractivity contribution < 1.29 is 14.6 Å². The van der Waals surface area contributed by atoms with Gasteiger partial charge in [-0.25, -0.2) is 4.79 Å². The van der Waals surface area contributed by atoms with Crippen LogP contribution in [0.25, 0.3) is 6.08 Å². The molecule has 4 nitrogen and oxygen atoms in total. The van der Waals surface area contributed by atoms with Crippen molar-refractivity contribution in [2.75, 3.05) is 0 Å². The summed E-state index contributed by atoms with van der Waals surface area (Å²) in [6.07, 6.45) is 8.54. The van der Waals surface area contributed by atoms with Crippen LogP contribution in [0, 0.1) is 0 Å². The molecule has 0 fully saturated rings. The zero-order valence-electron chi connectivity index (χ0n) is 13.7. The number of allylic oxidation sites excluding steroid dienone is 2. The number of ether oxygens (including phenoxy) is 1. The van der Waals surface area contributed by atoms with E-state index in [0.29, 0.717) is 17.9 Å². The smallest absolute Gasteiger partial charge is 0.338 e. The number of carboxylic acid groups (broad SMARTS) is 1. The van der Waals surface area contributed by atoms with E-state index >= 15 is 0 Å². The summed E-state index contributed by atoms with van der Waals surface area (Å²) in [5.74, 6) is -0.267. The topological polar surface area (TPSA) is 58.6 Å². The van der Waals surface area contributed by atoms with Gasteiger partial charge in [0.05, 0.1) is 0 Å². The average Bonchev–Trinajstić information content (AvgIpc) is 2.67. The summed E-state index contributed by atoms with van der Waals surface area (Å²) < 4.78 is 5.78. The van der Waals surface area contributed by atoms with Gasteiger partial charge in [-0.1, -0.05) is 55.1 Å². The molecular weight excluding hydrogens is 314 g/mol. The highest BCUT2D eigenvalue weighted by Gasteiger charge is 2.37. The van der Waals surface area contributed by atoms with Crippen LogP contribution in [-0.2, 0) is 16.9 Å². The summed E-state index contributed by atoms with van der Waals surface area (Å²) in [5, 5.41) is 12.5. The van der Waals surface area contributed by atoms with Crippen LogP contribution in [0.2, 0.25) is 0 Å². The molecule has 4 heteroatoms. The molecule has 126 valence electrons. The molecule has 0 aliphatic carbocycles. The molecule has 2 aromatic rings. The molecule has 2 aromatic carbocycles. The summed E-state index contributed by atoms with van der Waals surface area (Å²) >= 11 is 0. The molecule has 0 amide bonds. The lowest BCUT2D eigenvalue weighted by molar-refractivity contribution is -0.142. The highest BCUT2D eigenvalue weighted by Crippen LogP contribution is 2.27. The van der Waals surface area contributed by atoms with Crippen LogP contribution in [0.5, 0.6) is 5.75 Å². The number of carbonyl (C=O) groups is 1. The van der Waals surface area contributed by atoms with Crippen molar-refractivity contribution in [2.45, 2.75) is 12.1 Å². The van der Waals surface area contributed by atoms with E-state index in [4.69, 9.17) is 4.74 Å². The summed E-state index contributed by atoms with van der Waals surface area (Å²) in [5.41, 5.74) is 1.52. The average molecular weight is 333 g/mol. The van der Waals surface area contributed by atoms with Crippen LogP contribution < -0.4 is 10.1 Å². The molecule has 2 N–H and O–H groups in total. The number of aliphatic carboxylic acids is 1. The van der Waals surface area contributed by atoms with Gasteiger partial charge in [-0.15, -0.1) is 0 Å². The van der Waals surface area contributed by atoms with Crippen molar-refractivity contribution in [3.05, 3.63) is 96.2 Å². The number of nitrogens with one attached hydrogen (secondary N) is 1. The number of carboxylic acids is 1. The van der Waals surface area contributed by atoms with Gasteiger partial charge >= 0.3 is 5.97 Å². The molecule has 0 bridgehead atoms. The predicted octanol–water partition coefficient (Wildman–Crippen LogP) is 3.86. The van der Waals surface area contributed by atoms with E-state index in [1.165, 1.54) is 0 Å². The van der Waals surface area contributed by atoms with Crippen LogP contribution in [0.1, 0.15) is 16.7 Å². The maximum absolute atomic E-state index is 11.7. The minimum absolute atomic E-state index is 0.446. The summed E-state index contributed by atoms with van der Waals surface area (Å²) in [6, 6.07) is 15.1. The van der Waals surface area contributed by atoms with E-state index in [1.807, 2.05) is 24.3 Å². The first-order valence-corrected chi connectivity index (χ1v) is 7.94. The van der Waals surface area contributed by atoms with E-state index in [1.54, 1.807) is 54.8 Å². The molecule has 3 rings (SSSR count). The minimum Gasteiger partial charge on any atom is -0.489 e. The van der Waals surface area contributed by atoms with Crippen molar-refractivity contribution in [3.63, 3.8) is 0 Å². The molecule has 0 saturated carbocycles. The first-order chi connectivity index (χ1) is 12.1. The molecule has 1 unspecified atom stereocenters. The quantitative estimate of drug-likeness (QED) is 0.843. The third kappa shape index (κ3) is 3.48. The van der Waals surface area contributed by atoms with Gasteiger partial charge in [0.1, 0.15) is 12.4 Å². The first-order valence-electron chi connectivity index (χ1n) is 7.94. The van der Waals surface area contributed by atoms with Gasteiger partial charge in [0.15, 0.2) is 5.54 Å². The monoisotopic (exact) mass is 333 g/mol. The zero-order chi connectivity index (χ0) is 17.7. The highest BCUT2D eigenvalue weighted by molar-refractivity contribution is 5.84. The number of hydrogen-bond donors (Lipinski definition) is 2. The third-order valence-corrected chi connectivity index (χ3v) is 4.13. The lowest BCUT2D eigenvalue weighted by Gasteiger charge is -2.29. The minimum atomic E-state index is -1.24. The van der Waals surface area contributed by atoms with Gasteiger partial charge in [-0.3, -0.25) is 0 Å². The van der Waals surface area contributed by atoms with Gasteiger partial charge in [-0.05, 0) is 47.2 Å². The molecule has 1 aliphatic rings. The molecule has 1 aliphatic heterocycles. The number of benzene rings is 2.